The second-order valence-electron chi connectivity index (χ2n) is 8.10. The minimum atomic E-state index is -4.46. The Morgan fingerprint density at radius 2 is 1.94 bits per heavy atom. The molecule has 0 bridgehead atoms. The van der Waals surface area contributed by atoms with Crippen molar-refractivity contribution in [1.29, 1.82) is 0 Å². The van der Waals surface area contributed by atoms with Crippen molar-refractivity contribution in [2.75, 3.05) is 32.1 Å². The Morgan fingerprint density at radius 3 is 2.61 bits per heavy atom. The second kappa shape index (κ2) is 11.8. The molecule has 1 amide bonds. The fraction of sp³-hybridized carbons (Fsp3) is 0.400. The summed E-state index contributed by atoms with van der Waals surface area (Å²) in [7, 11) is 1.38. The van der Waals surface area contributed by atoms with E-state index in [1.165, 1.54) is 19.2 Å². The summed E-state index contributed by atoms with van der Waals surface area (Å²) in [4.78, 5) is 30.2. The van der Waals surface area contributed by atoms with Gasteiger partial charge in [0.25, 0.3) is 11.9 Å². The smallest absolute Gasteiger partial charge is 0.390 e. The van der Waals surface area contributed by atoms with E-state index in [0.29, 0.717) is 12.1 Å². The first-order valence-corrected chi connectivity index (χ1v) is 11.4. The van der Waals surface area contributed by atoms with E-state index >= 15 is 0 Å². The molecule has 36 heavy (non-hydrogen) atoms. The van der Waals surface area contributed by atoms with E-state index in [2.05, 4.69) is 10.3 Å². The highest BCUT2D eigenvalue weighted by atomic mass is 19.4. The summed E-state index contributed by atoms with van der Waals surface area (Å²) in [6, 6.07) is 10.9. The van der Waals surface area contributed by atoms with Crippen molar-refractivity contribution in [2.24, 2.45) is 0 Å². The number of esters is 1. The fourth-order valence-corrected chi connectivity index (χ4v) is 3.57. The van der Waals surface area contributed by atoms with E-state index in [-0.39, 0.29) is 42.5 Å². The van der Waals surface area contributed by atoms with Crippen molar-refractivity contribution in [2.45, 2.75) is 39.4 Å². The molecular weight excluding hydrogens is 479 g/mol. The van der Waals surface area contributed by atoms with Crippen molar-refractivity contribution < 1.29 is 36.7 Å². The quantitative estimate of drug-likeness (QED) is 0.361. The fourth-order valence-electron chi connectivity index (χ4n) is 3.57. The number of hydrogen-bond donors (Lipinski definition) is 1. The highest BCUT2D eigenvalue weighted by Crippen LogP contribution is 2.31. The summed E-state index contributed by atoms with van der Waals surface area (Å²) in [6.45, 7) is 3.35. The molecule has 0 aliphatic heterocycles. The molecule has 0 radical (unpaired) electrons. The molecule has 1 heterocycles. The van der Waals surface area contributed by atoms with Gasteiger partial charge in [0.05, 0.1) is 26.6 Å². The average molecular weight is 508 g/mol. The number of nitrogens with zero attached hydrogens (tertiary/aromatic N) is 2. The number of alkyl halides is 3. The van der Waals surface area contributed by atoms with E-state index in [4.69, 9.17) is 13.9 Å². The number of carbonyl (C=O) groups is 2. The zero-order valence-corrected chi connectivity index (χ0v) is 20.3. The first kappa shape index (κ1) is 26.8. The Labute approximate surface area is 206 Å². The zero-order chi connectivity index (χ0) is 26.3. The van der Waals surface area contributed by atoms with Crippen LogP contribution < -0.4 is 10.1 Å². The third-order valence-electron chi connectivity index (χ3n) is 5.29. The number of rotatable bonds is 11. The van der Waals surface area contributed by atoms with Crippen LogP contribution in [0.4, 0.5) is 19.2 Å². The molecule has 0 fully saturated rings. The topological polar surface area (TPSA) is 93.9 Å². The number of amides is 1. The Hall–Kier alpha value is -3.76. The normalized spacial score (nSPS) is 11.4. The number of oxazole rings is 1. The van der Waals surface area contributed by atoms with Crippen molar-refractivity contribution in [1.82, 2.24) is 9.88 Å². The molecule has 8 nitrogen and oxygen atoms in total. The lowest BCUT2D eigenvalue weighted by atomic mass is 10.1. The molecule has 194 valence electrons. The molecule has 1 aromatic heterocycles. The van der Waals surface area contributed by atoms with E-state index < -0.39 is 31.0 Å². The lowest BCUT2D eigenvalue weighted by Crippen LogP contribution is -2.36. The van der Waals surface area contributed by atoms with E-state index in [1.807, 2.05) is 31.2 Å². The number of fused-ring (bicyclic) bond motifs is 1. The molecule has 0 atom stereocenters. The Kier molecular flexibility index (Phi) is 8.78. The van der Waals surface area contributed by atoms with Gasteiger partial charge in [-0.15, -0.1) is 0 Å². The van der Waals surface area contributed by atoms with Gasteiger partial charge in [-0.25, -0.2) is 0 Å². The minimum Gasteiger partial charge on any atom is -0.493 e. The molecule has 2 aromatic carbocycles. The van der Waals surface area contributed by atoms with Crippen LogP contribution in [0.1, 0.15) is 41.3 Å². The van der Waals surface area contributed by atoms with Crippen molar-refractivity contribution in [3.8, 4) is 5.75 Å². The third kappa shape index (κ3) is 7.37. The van der Waals surface area contributed by atoms with Crippen LogP contribution in [0.25, 0.3) is 11.1 Å². The summed E-state index contributed by atoms with van der Waals surface area (Å²) in [5.41, 5.74) is 2.76. The summed E-state index contributed by atoms with van der Waals surface area (Å²) in [5.74, 6) is -1.09. The summed E-state index contributed by atoms with van der Waals surface area (Å²) in [5, 5.41) is 3.08. The predicted molar refractivity (Wildman–Crippen MR) is 127 cm³/mol. The van der Waals surface area contributed by atoms with Gasteiger partial charge in [0, 0.05) is 25.2 Å². The van der Waals surface area contributed by atoms with Gasteiger partial charge in [0.2, 0.25) is 0 Å². The van der Waals surface area contributed by atoms with Crippen molar-refractivity contribution >= 4 is 29.0 Å². The number of carbonyl (C=O) groups excluding carboxylic acids is 2. The molecule has 0 unspecified atom stereocenters. The SMILES string of the molecule is CCOC(=O)CCN(CCC(F)(F)F)C(=O)c1cc(OC)c2oc(NCc3cccc(C)c3)nc2c1. The maximum atomic E-state index is 13.2. The van der Waals surface area contributed by atoms with Crippen molar-refractivity contribution in [3.05, 3.63) is 53.1 Å². The van der Waals surface area contributed by atoms with E-state index in [9.17, 15) is 22.8 Å². The molecule has 0 spiro atoms. The van der Waals surface area contributed by atoms with Crippen LogP contribution in [0.3, 0.4) is 0 Å². The van der Waals surface area contributed by atoms with Gasteiger partial charge in [-0.2, -0.15) is 18.2 Å². The summed E-state index contributed by atoms with van der Waals surface area (Å²) in [6.07, 6.45) is -5.90. The molecule has 11 heteroatoms. The molecule has 0 aliphatic rings. The lowest BCUT2D eigenvalue weighted by Gasteiger charge is -2.23. The van der Waals surface area contributed by atoms with Gasteiger partial charge >= 0.3 is 12.1 Å². The number of methoxy groups -OCH3 is 1. The van der Waals surface area contributed by atoms with Gasteiger partial charge in [0.1, 0.15) is 5.52 Å². The maximum absolute atomic E-state index is 13.2. The molecule has 0 aliphatic carbocycles. The van der Waals surface area contributed by atoms with Gasteiger partial charge in [-0.1, -0.05) is 29.8 Å². The van der Waals surface area contributed by atoms with Gasteiger partial charge in [0.15, 0.2) is 11.3 Å². The van der Waals surface area contributed by atoms with Crippen LogP contribution in [0, 0.1) is 6.92 Å². The van der Waals surface area contributed by atoms with Gasteiger partial charge < -0.3 is 24.1 Å². The minimum absolute atomic E-state index is 0.0592. The molecule has 1 N–H and O–H groups in total. The molecular formula is C25H28F3N3O5. The van der Waals surface area contributed by atoms with Crippen LogP contribution in [-0.4, -0.2) is 54.7 Å². The number of anilines is 1. The number of halogens is 3. The predicted octanol–water partition coefficient (Wildman–Crippen LogP) is 5.10. The highest BCUT2D eigenvalue weighted by Gasteiger charge is 2.30. The van der Waals surface area contributed by atoms with Crippen LogP contribution >= 0.6 is 0 Å². The zero-order valence-electron chi connectivity index (χ0n) is 20.3. The Bertz CT molecular complexity index is 1210. The number of hydrogen-bond acceptors (Lipinski definition) is 7. The molecule has 3 aromatic rings. The van der Waals surface area contributed by atoms with Crippen LogP contribution in [0.5, 0.6) is 5.75 Å². The Balaban J connectivity index is 1.83. The molecule has 0 saturated heterocycles. The monoisotopic (exact) mass is 507 g/mol. The van der Waals surface area contributed by atoms with Crippen molar-refractivity contribution in [3.63, 3.8) is 0 Å². The highest BCUT2D eigenvalue weighted by molar-refractivity contribution is 5.99. The lowest BCUT2D eigenvalue weighted by molar-refractivity contribution is -0.143. The standard InChI is InChI=1S/C25H28F3N3O5/c1-4-35-21(32)8-10-31(11-9-25(26,27)28)23(33)18-13-19-22(20(14-18)34-3)36-24(30-19)29-15-17-7-5-6-16(2)12-17/h5-7,12-14H,4,8-11,15H2,1-3H3,(H,29,30). The summed E-state index contributed by atoms with van der Waals surface area (Å²) < 4.78 is 54.5. The number of aromatic nitrogens is 1. The van der Waals surface area contributed by atoms with Crippen LogP contribution in [0.2, 0.25) is 0 Å². The number of benzene rings is 2. The number of aryl methyl sites for hydroxylation is 1. The first-order chi connectivity index (χ1) is 17.1. The Morgan fingerprint density at radius 1 is 1.17 bits per heavy atom. The van der Waals surface area contributed by atoms with E-state index in [0.717, 1.165) is 16.0 Å². The van der Waals surface area contributed by atoms with E-state index in [1.54, 1.807) is 6.92 Å². The maximum Gasteiger partial charge on any atom is 0.390 e. The van der Waals surface area contributed by atoms with Crippen LogP contribution in [-0.2, 0) is 16.1 Å². The molecule has 0 saturated carbocycles. The number of nitrogens with one attached hydrogen (secondary N) is 1. The van der Waals surface area contributed by atoms with Gasteiger partial charge in [-0.3, -0.25) is 9.59 Å². The average Bonchev–Trinajstić information content (AvgIpc) is 3.24. The van der Waals surface area contributed by atoms with Crippen LogP contribution in [0.15, 0.2) is 40.8 Å². The largest absolute Gasteiger partial charge is 0.493 e. The van der Waals surface area contributed by atoms with Gasteiger partial charge in [-0.05, 0) is 31.5 Å². The molecule has 3 rings (SSSR count). The second-order valence-corrected chi connectivity index (χ2v) is 8.10. The summed E-state index contributed by atoms with van der Waals surface area (Å²) >= 11 is 0. The number of ether oxygens (including phenoxy) is 2. The third-order valence-corrected chi connectivity index (χ3v) is 5.29. The first-order valence-electron chi connectivity index (χ1n) is 11.4.